The number of carbonyl (C=O) groups is 2. The Morgan fingerprint density at radius 2 is 1.02 bits per heavy atom. The minimum Gasteiger partial charge on any atom is -0.321 e. The van der Waals surface area contributed by atoms with Gasteiger partial charge < -0.3 is 10.6 Å². The first kappa shape index (κ1) is 33.5. The molecule has 0 radical (unpaired) electrons. The van der Waals surface area contributed by atoms with Crippen molar-refractivity contribution < 1.29 is 38.5 Å². The molecule has 0 spiro atoms. The quantitative estimate of drug-likeness (QED) is 0.172. The number of hydrogen-bond donors (Lipinski definition) is 3. The smallest absolute Gasteiger partial charge is 0.275 e. The molecule has 3 N–H and O–H groups in total. The summed E-state index contributed by atoms with van der Waals surface area (Å²) in [5, 5.41) is 9.61. The Hall–Kier alpha value is -4.37. The van der Waals surface area contributed by atoms with Crippen LogP contribution in [-0.4, -0.2) is 16.5 Å². The van der Waals surface area contributed by atoms with Crippen LogP contribution < -0.4 is 40.5 Å². The average Bonchev–Trinajstić information content (AvgIpc) is 3.05. The minimum absolute atomic E-state index is 0.161. The SMILES string of the molecule is O=C(Nc1ccc(Cl)cc1)C(=C[P+](c1ccccc1)(c1ccccc1)c1ccccc1)NC(=O)c1ccccc1.[O-][Cl+3]([O-])([O-])O. The molecule has 45 heavy (non-hydrogen) atoms. The van der Waals surface area contributed by atoms with Crippen molar-refractivity contribution in [2.45, 2.75) is 0 Å². The fraction of sp³-hybridized carbons (Fsp3) is 0. The maximum Gasteiger partial charge on any atom is 0.275 e. The summed E-state index contributed by atoms with van der Waals surface area (Å²) in [4.78, 5) is 27.3. The monoisotopic (exact) mass is 661 g/mol. The third-order valence-electron chi connectivity index (χ3n) is 6.44. The number of anilines is 1. The van der Waals surface area contributed by atoms with E-state index in [2.05, 4.69) is 47.0 Å². The van der Waals surface area contributed by atoms with Crippen LogP contribution in [0.15, 0.2) is 157 Å². The van der Waals surface area contributed by atoms with Gasteiger partial charge >= 0.3 is 0 Å². The topological polar surface area (TPSA) is 148 Å². The lowest BCUT2D eigenvalue weighted by Crippen LogP contribution is -2.58. The van der Waals surface area contributed by atoms with Crippen LogP contribution in [0.25, 0.3) is 0 Å². The van der Waals surface area contributed by atoms with Gasteiger partial charge in [-0.05, 0) is 72.8 Å². The second-order valence-corrected chi connectivity index (χ2v) is 13.9. The molecule has 228 valence electrons. The molecule has 0 aliphatic rings. The molecular weight excluding hydrogens is 634 g/mol. The summed E-state index contributed by atoms with van der Waals surface area (Å²) >= 11 is 6.06. The standard InChI is InChI=1S/C34H26ClN2O2P.ClHO4/c35-27-21-23-28(24-22-27)36-34(39)32(37-33(38)26-13-5-1-6-14-26)25-40(29-15-7-2-8-16-29,30-17-9-3-10-18-30)31-19-11-4-12-20-31;2-1(3,4)5/h1-25H,(H-,36,37,38,39);(H,2,3,4,5)/p+1. The summed E-state index contributed by atoms with van der Waals surface area (Å²) < 4.78 is 32.7. The molecule has 0 unspecified atom stereocenters. The fourth-order valence-corrected chi connectivity index (χ4v) is 8.48. The van der Waals surface area contributed by atoms with Gasteiger partial charge in [-0.15, -0.1) is 0 Å². The summed E-state index contributed by atoms with van der Waals surface area (Å²) in [5.41, 5.74) is 1.18. The van der Waals surface area contributed by atoms with Crippen LogP contribution in [0.4, 0.5) is 5.69 Å². The zero-order valence-corrected chi connectivity index (χ0v) is 26.0. The van der Waals surface area contributed by atoms with Crippen molar-refractivity contribution in [1.82, 2.24) is 5.32 Å². The molecule has 0 atom stereocenters. The second kappa shape index (κ2) is 15.6. The van der Waals surface area contributed by atoms with Crippen LogP contribution in [0.1, 0.15) is 10.4 Å². The van der Waals surface area contributed by atoms with Gasteiger partial charge in [0, 0.05) is 16.3 Å². The lowest BCUT2D eigenvalue weighted by molar-refractivity contribution is -1.92. The summed E-state index contributed by atoms with van der Waals surface area (Å²) in [6.07, 6.45) is 0. The molecule has 0 aliphatic heterocycles. The van der Waals surface area contributed by atoms with Gasteiger partial charge in [0.2, 0.25) is 0 Å². The van der Waals surface area contributed by atoms with E-state index in [0.29, 0.717) is 16.3 Å². The van der Waals surface area contributed by atoms with E-state index in [1.54, 1.807) is 48.5 Å². The Morgan fingerprint density at radius 3 is 1.42 bits per heavy atom. The first-order valence-corrected chi connectivity index (χ1v) is 16.9. The Kier molecular flexibility index (Phi) is 11.6. The molecule has 11 heteroatoms. The zero-order valence-electron chi connectivity index (χ0n) is 23.6. The van der Waals surface area contributed by atoms with Gasteiger partial charge in [0.25, 0.3) is 11.8 Å². The van der Waals surface area contributed by atoms with Gasteiger partial charge in [0.15, 0.2) is 0 Å². The first-order valence-electron chi connectivity index (χ1n) is 13.4. The highest BCUT2D eigenvalue weighted by atomic mass is 35.7. The highest BCUT2D eigenvalue weighted by Gasteiger charge is 2.45. The lowest BCUT2D eigenvalue weighted by Gasteiger charge is -2.25. The number of carbonyl (C=O) groups excluding carboxylic acids is 2. The Labute approximate surface area is 268 Å². The van der Waals surface area contributed by atoms with Crippen molar-refractivity contribution in [2.24, 2.45) is 0 Å². The second-order valence-electron chi connectivity index (χ2n) is 9.45. The van der Waals surface area contributed by atoms with E-state index < -0.39 is 23.4 Å². The molecular formula is C34H28Cl2N2O6P+. The summed E-state index contributed by atoms with van der Waals surface area (Å²) in [6.45, 7) is 0. The van der Waals surface area contributed by atoms with Crippen molar-refractivity contribution in [3.63, 3.8) is 0 Å². The molecule has 0 aromatic heterocycles. The highest BCUT2D eigenvalue weighted by Crippen LogP contribution is 2.57. The van der Waals surface area contributed by atoms with Crippen LogP contribution in [0, 0.1) is 10.2 Å². The molecule has 8 nitrogen and oxygen atoms in total. The predicted octanol–water partition coefficient (Wildman–Crippen LogP) is 2.42. The molecule has 5 rings (SSSR count). The molecule has 5 aromatic carbocycles. The van der Waals surface area contributed by atoms with Crippen LogP contribution in [0.5, 0.6) is 0 Å². The van der Waals surface area contributed by atoms with Crippen LogP contribution in [0.2, 0.25) is 5.02 Å². The Morgan fingerprint density at radius 1 is 0.644 bits per heavy atom. The molecule has 0 aliphatic carbocycles. The molecule has 0 fully saturated rings. The van der Waals surface area contributed by atoms with Crippen LogP contribution in [0.3, 0.4) is 0 Å². The number of halogens is 2. The molecule has 0 saturated heterocycles. The van der Waals surface area contributed by atoms with E-state index in [0.717, 1.165) is 15.9 Å². The number of rotatable bonds is 8. The minimum atomic E-state index is -4.69. The maximum atomic E-state index is 13.9. The summed E-state index contributed by atoms with van der Waals surface area (Å²) in [7, 11) is -7.28. The van der Waals surface area contributed by atoms with Gasteiger partial charge in [-0.3, -0.25) is 9.59 Å². The van der Waals surface area contributed by atoms with Crippen LogP contribution in [-0.2, 0) is 4.79 Å². The predicted molar refractivity (Wildman–Crippen MR) is 169 cm³/mol. The van der Waals surface area contributed by atoms with E-state index in [-0.39, 0.29) is 11.6 Å². The lowest BCUT2D eigenvalue weighted by atomic mass is 10.2. The number of hydrogen-bond acceptors (Lipinski definition) is 6. The largest absolute Gasteiger partial charge is 0.321 e. The number of amides is 2. The first-order chi connectivity index (χ1) is 21.6. The van der Waals surface area contributed by atoms with E-state index in [1.807, 2.05) is 66.5 Å². The Bertz CT molecular complexity index is 1620. The molecule has 0 heterocycles. The van der Waals surface area contributed by atoms with Crippen molar-refractivity contribution in [1.29, 1.82) is 0 Å². The van der Waals surface area contributed by atoms with Crippen LogP contribution >= 0.6 is 18.9 Å². The molecule has 0 saturated carbocycles. The van der Waals surface area contributed by atoms with Gasteiger partial charge in [-0.2, -0.15) is 14.0 Å². The maximum absolute atomic E-state index is 13.9. The molecule has 2 amide bonds. The average molecular weight is 662 g/mol. The molecule has 0 bridgehead atoms. The summed E-state index contributed by atoms with van der Waals surface area (Å²) in [6, 6.07) is 46.2. The van der Waals surface area contributed by atoms with Gasteiger partial charge in [0.1, 0.15) is 34.7 Å². The van der Waals surface area contributed by atoms with E-state index in [9.17, 15) is 9.59 Å². The van der Waals surface area contributed by atoms with Crippen molar-refractivity contribution in [2.75, 3.05) is 5.32 Å². The number of nitrogens with one attached hydrogen (secondary N) is 2. The third-order valence-corrected chi connectivity index (χ3v) is 10.7. The summed E-state index contributed by atoms with van der Waals surface area (Å²) in [5.74, 6) is 1.16. The van der Waals surface area contributed by atoms with Gasteiger partial charge in [-0.25, -0.2) is 0 Å². The van der Waals surface area contributed by atoms with Gasteiger partial charge in [0.05, 0.1) is 14.9 Å². The van der Waals surface area contributed by atoms with Gasteiger partial charge in [-0.1, -0.05) is 84.4 Å². The van der Waals surface area contributed by atoms with Crippen molar-refractivity contribution in [3.8, 4) is 0 Å². The normalized spacial score (nSPS) is 11.5. The van der Waals surface area contributed by atoms with Crippen molar-refractivity contribution in [3.05, 3.63) is 168 Å². The third kappa shape index (κ3) is 9.56. The van der Waals surface area contributed by atoms with E-state index in [4.69, 9.17) is 30.2 Å². The fourth-order valence-electron chi connectivity index (χ4n) is 4.52. The highest BCUT2D eigenvalue weighted by molar-refractivity contribution is 7.98. The Balaban J connectivity index is 0.000000854. The van der Waals surface area contributed by atoms with E-state index in [1.165, 1.54) is 0 Å². The number of benzene rings is 5. The van der Waals surface area contributed by atoms with Crippen molar-refractivity contribution >= 4 is 52.3 Å². The zero-order chi connectivity index (χ0) is 32.3. The molecule has 5 aromatic rings. The van der Waals surface area contributed by atoms with E-state index >= 15 is 0 Å².